The summed E-state index contributed by atoms with van der Waals surface area (Å²) in [6, 6.07) is 7.23. The Morgan fingerprint density at radius 1 is 0.618 bits per heavy atom. The molecule has 0 unspecified atom stereocenters. The van der Waals surface area contributed by atoms with Gasteiger partial charge in [0, 0.05) is 22.3 Å². The average Bonchev–Trinajstić information content (AvgIpc) is 2.84. The van der Waals surface area contributed by atoms with E-state index in [-0.39, 0.29) is 25.2 Å². The highest BCUT2D eigenvalue weighted by Crippen LogP contribution is 2.37. The van der Waals surface area contributed by atoms with Crippen LogP contribution < -0.4 is 0 Å². The largest absolute Gasteiger partial charge is 0.323 e. The summed E-state index contributed by atoms with van der Waals surface area (Å²) in [4.78, 5) is 26.4. The molecule has 1 aliphatic carbocycles. The summed E-state index contributed by atoms with van der Waals surface area (Å²) in [5.41, 5.74) is 7.16. The molecule has 0 N–H and O–H groups in total. The fourth-order valence-corrected chi connectivity index (χ4v) is 5.61. The molecule has 10 heteroatoms. The number of rotatable bonds is 4. The molecule has 2 aromatic rings. The van der Waals surface area contributed by atoms with E-state index < -0.39 is 16.5 Å². The second kappa shape index (κ2) is 12.2. The SMILES string of the molecule is CCc1c(CC)c(CC)c2c(c1CC)C(=O)c1ccccc1C2=O.O=[PH]1OCO[PH](=O)OCO1. The highest BCUT2D eigenvalue weighted by Gasteiger charge is 2.35. The number of hydrogen-bond acceptors (Lipinski definition) is 8. The minimum atomic E-state index is -2.50. The lowest BCUT2D eigenvalue weighted by Gasteiger charge is -2.27. The van der Waals surface area contributed by atoms with E-state index in [1.165, 1.54) is 11.1 Å². The van der Waals surface area contributed by atoms with E-state index in [0.29, 0.717) is 22.3 Å². The molecule has 0 aromatic heterocycles. The molecule has 8 nitrogen and oxygen atoms in total. The van der Waals surface area contributed by atoms with E-state index in [9.17, 15) is 18.7 Å². The maximum absolute atomic E-state index is 13.2. The van der Waals surface area contributed by atoms with Gasteiger partial charge in [-0.05, 0) is 47.9 Å². The Balaban J connectivity index is 0.000000271. The van der Waals surface area contributed by atoms with Crippen LogP contribution in [0.4, 0.5) is 0 Å². The van der Waals surface area contributed by atoms with Crippen molar-refractivity contribution in [1.82, 2.24) is 0 Å². The summed E-state index contributed by atoms with van der Waals surface area (Å²) in [5.74, 6) is 0.0354. The van der Waals surface area contributed by atoms with E-state index in [1.807, 2.05) is 12.1 Å². The molecular weight excluding hydrogens is 478 g/mol. The molecule has 1 aliphatic heterocycles. The van der Waals surface area contributed by atoms with Gasteiger partial charge in [0.1, 0.15) is 0 Å². The third kappa shape index (κ3) is 5.33. The summed E-state index contributed by atoms with van der Waals surface area (Å²) >= 11 is 0. The van der Waals surface area contributed by atoms with Gasteiger partial charge in [0.2, 0.25) is 0 Å². The number of fused-ring (bicyclic) bond motifs is 2. The molecule has 0 radical (unpaired) electrons. The third-order valence-electron chi connectivity index (χ3n) is 5.94. The van der Waals surface area contributed by atoms with Gasteiger partial charge in [-0.3, -0.25) is 36.8 Å². The molecule has 184 valence electrons. The molecule has 4 rings (SSSR count). The first-order valence-electron chi connectivity index (χ1n) is 11.4. The predicted molar refractivity (Wildman–Crippen MR) is 129 cm³/mol. The fraction of sp³-hybridized carbons (Fsp3) is 0.417. The summed E-state index contributed by atoms with van der Waals surface area (Å²) in [5, 5.41) is 0. The zero-order valence-corrected chi connectivity index (χ0v) is 21.8. The van der Waals surface area contributed by atoms with E-state index in [1.54, 1.807) is 12.1 Å². The van der Waals surface area contributed by atoms with Gasteiger partial charge < -0.3 is 0 Å². The summed E-state index contributed by atoms with van der Waals surface area (Å²) in [7, 11) is -5.00. The molecule has 0 bridgehead atoms. The molecule has 0 spiro atoms. The normalized spacial score (nSPS) is 19.9. The van der Waals surface area contributed by atoms with Crippen LogP contribution in [0, 0.1) is 0 Å². The number of ketones is 2. The van der Waals surface area contributed by atoms with Gasteiger partial charge in [0.25, 0.3) is 0 Å². The van der Waals surface area contributed by atoms with E-state index >= 15 is 0 Å². The van der Waals surface area contributed by atoms with Crippen molar-refractivity contribution in [2.45, 2.75) is 53.4 Å². The van der Waals surface area contributed by atoms with E-state index in [0.717, 1.165) is 36.8 Å². The van der Waals surface area contributed by atoms with Crippen LogP contribution in [-0.2, 0) is 52.9 Å². The van der Waals surface area contributed by atoms with Crippen LogP contribution in [0.3, 0.4) is 0 Å². The number of benzene rings is 2. The van der Waals surface area contributed by atoms with E-state index in [2.05, 4.69) is 45.8 Å². The zero-order valence-electron chi connectivity index (χ0n) is 19.8. The van der Waals surface area contributed by atoms with Crippen LogP contribution in [0.25, 0.3) is 0 Å². The monoisotopic (exact) mass is 508 g/mol. The van der Waals surface area contributed by atoms with Crippen molar-refractivity contribution in [2.75, 3.05) is 13.6 Å². The van der Waals surface area contributed by atoms with Gasteiger partial charge in [0.05, 0.1) is 0 Å². The molecule has 1 heterocycles. The molecule has 0 amide bonds. The summed E-state index contributed by atoms with van der Waals surface area (Å²) in [6.45, 7) is 7.83. The standard InChI is InChI=1S/C22H24O2.C2H6O6P2/c1-5-13-14(6-2)16(8-4)20-19(15(13)7-3)21(23)17-11-9-10-12-18(17)22(20)24;3-9-5-1-6-10(4)8-2-7-9/h9-12H,5-8H2,1-4H3;9-10H,1-2H2. The minimum Gasteiger partial charge on any atom is -0.289 e. The van der Waals surface area contributed by atoms with Gasteiger partial charge in [-0.25, -0.2) is 0 Å². The first-order valence-corrected chi connectivity index (χ1v) is 13.8. The summed E-state index contributed by atoms with van der Waals surface area (Å²) < 4.78 is 38.5. The molecule has 2 aliphatic rings. The van der Waals surface area contributed by atoms with Crippen LogP contribution in [0.2, 0.25) is 0 Å². The maximum Gasteiger partial charge on any atom is 0.323 e. The first kappa shape index (κ1) is 26.7. The lowest BCUT2D eigenvalue weighted by atomic mass is 9.74. The number of carbonyl (C=O) groups excluding carboxylic acids is 2. The van der Waals surface area contributed by atoms with Crippen molar-refractivity contribution < 1.29 is 36.8 Å². The van der Waals surface area contributed by atoms with Crippen molar-refractivity contribution in [3.63, 3.8) is 0 Å². The van der Waals surface area contributed by atoms with Crippen molar-refractivity contribution in [2.24, 2.45) is 0 Å². The van der Waals surface area contributed by atoms with Gasteiger partial charge >= 0.3 is 16.5 Å². The molecule has 0 atom stereocenters. The second-order valence-electron chi connectivity index (χ2n) is 7.60. The number of carbonyl (C=O) groups is 2. The Hall–Kier alpha value is -1.92. The molecular formula is C24H30O8P2. The number of hydrogen-bond donors (Lipinski definition) is 0. The van der Waals surface area contributed by atoms with Crippen molar-refractivity contribution in [3.05, 3.63) is 68.8 Å². The molecule has 1 fully saturated rings. The zero-order chi connectivity index (χ0) is 24.8. The van der Waals surface area contributed by atoms with Crippen LogP contribution >= 0.6 is 16.5 Å². The van der Waals surface area contributed by atoms with Gasteiger partial charge in [0.15, 0.2) is 25.2 Å². The average molecular weight is 508 g/mol. The van der Waals surface area contributed by atoms with Gasteiger partial charge in [-0.15, -0.1) is 0 Å². The first-order chi connectivity index (χ1) is 16.4. The molecule has 1 saturated heterocycles. The van der Waals surface area contributed by atoms with Crippen LogP contribution in [-0.4, -0.2) is 25.2 Å². The van der Waals surface area contributed by atoms with Crippen molar-refractivity contribution in [1.29, 1.82) is 0 Å². The fourth-order valence-electron chi connectivity index (χ4n) is 4.59. The van der Waals surface area contributed by atoms with Gasteiger partial charge in [-0.1, -0.05) is 52.0 Å². The highest BCUT2D eigenvalue weighted by molar-refractivity contribution is 7.34. The Morgan fingerprint density at radius 2 is 0.941 bits per heavy atom. The summed E-state index contributed by atoms with van der Waals surface area (Å²) in [6.07, 6.45) is 3.36. The maximum atomic E-state index is 13.2. The molecule has 0 saturated carbocycles. The topological polar surface area (TPSA) is 105 Å². The van der Waals surface area contributed by atoms with Crippen molar-refractivity contribution in [3.8, 4) is 0 Å². The van der Waals surface area contributed by atoms with Crippen LogP contribution in [0.1, 0.15) is 81.8 Å². The quantitative estimate of drug-likeness (QED) is 0.427. The Kier molecular flexibility index (Phi) is 9.55. The smallest absolute Gasteiger partial charge is 0.289 e. The second-order valence-corrected chi connectivity index (χ2v) is 9.75. The lowest BCUT2D eigenvalue weighted by Crippen LogP contribution is -2.26. The van der Waals surface area contributed by atoms with Gasteiger partial charge in [-0.2, -0.15) is 0 Å². The van der Waals surface area contributed by atoms with Crippen LogP contribution in [0.15, 0.2) is 24.3 Å². The van der Waals surface area contributed by atoms with E-state index in [4.69, 9.17) is 0 Å². The molecule has 2 aromatic carbocycles. The predicted octanol–water partition coefficient (Wildman–Crippen LogP) is 5.47. The minimum absolute atomic E-state index is 0.0177. The third-order valence-corrected chi connectivity index (χ3v) is 7.35. The van der Waals surface area contributed by atoms with Crippen LogP contribution in [0.5, 0.6) is 0 Å². The molecule has 34 heavy (non-hydrogen) atoms. The van der Waals surface area contributed by atoms with Crippen molar-refractivity contribution >= 4 is 28.1 Å². The lowest BCUT2D eigenvalue weighted by molar-refractivity contribution is 0.0276. The Morgan fingerprint density at radius 3 is 1.24 bits per heavy atom. The Bertz CT molecular complexity index is 1040. The highest BCUT2D eigenvalue weighted by atomic mass is 31.1. The Labute approximate surface area is 200 Å².